The summed E-state index contributed by atoms with van der Waals surface area (Å²) >= 11 is 0. The molecule has 1 fully saturated rings. The Hall–Kier alpha value is -4.48. The maximum atomic E-state index is 14.5. The maximum absolute atomic E-state index is 14.5. The van der Waals surface area contributed by atoms with Crippen molar-refractivity contribution in [1.82, 2.24) is 9.97 Å². The van der Waals surface area contributed by atoms with Crippen molar-refractivity contribution < 1.29 is 31.5 Å². The van der Waals surface area contributed by atoms with Crippen LogP contribution in [0.3, 0.4) is 0 Å². The van der Waals surface area contributed by atoms with E-state index >= 15 is 0 Å². The largest absolute Gasteiger partial charge is 0.454 e. The standard InChI is InChI=1S/C26H20F5N5O2/c27-19-11-17(34-25(37)33-16-5-3-4-15(10-16)26(29,30)31)12-22(24(19)28)38-18-6-7-20-21(13-18)35-23(14-32-20)36-8-1-2-9-36/h3-7,10-14H,1-2,8-9H2,(H2,33,34,37). The van der Waals surface area contributed by atoms with Crippen molar-refractivity contribution in [2.75, 3.05) is 28.6 Å². The Morgan fingerprint density at radius 3 is 2.45 bits per heavy atom. The van der Waals surface area contributed by atoms with E-state index in [1.807, 2.05) is 0 Å². The second kappa shape index (κ2) is 10.1. The van der Waals surface area contributed by atoms with Crippen LogP contribution in [0.4, 0.5) is 43.9 Å². The van der Waals surface area contributed by atoms with Crippen LogP contribution in [-0.2, 0) is 6.18 Å². The number of hydrogen-bond acceptors (Lipinski definition) is 5. The first kappa shape index (κ1) is 25.2. The molecule has 12 heteroatoms. The number of amides is 2. The lowest BCUT2D eigenvalue weighted by atomic mass is 10.2. The summed E-state index contributed by atoms with van der Waals surface area (Å²) < 4.78 is 73.1. The van der Waals surface area contributed by atoms with Crippen LogP contribution in [0.1, 0.15) is 18.4 Å². The molecule has 2 heterocycles. The van der Waals surface area contributed by atoms with Crippen molar-refractivity contribution in [3.05, 3.63) is 78.0 Å². The van der Waals surface area contributed by atoms with Gasteiger partial charge in [-0.3, -0.25) is 4.98 Å². The average Bonchev–Trinajstić information content (AvgIpc) is 3.41. The summed E-state index contributed by atoms with van der Waals surface area (Å²) in [6, 6.07) is 9.50. The quantitative estimate of drug-likeness (QED) is 0.273. The zero-order valence-electron chi connectivity index (χ0n) is 19.6. The third kappa shape index (κ3) is 5.58. The fourth-order valence-electron chi connectivity index (χ4n) is 4.05. The molecule has 7 nitrogen and oxygen atoms in total. The molecule has 1 aliphatic rings. The Bertz CT molecular complexity index is 1510. The van der Waals surface area contributed by atoms with Crippen LogP contribution in [0, 0.1) is 11.6 Å². The van der Waals surface area contributed by atoms with E-state index in [2.05, 4.69) is 25.5 Å². The number of anilines is 3. The van der Waals surface area contributed by atoms with Gasteiger partial charge < -0.3 is 20.3 Å². The first-order chi connectivity index (χ1) is 18.2. The van der Waals surface area contributed by atoms with Gasteiger partial charge in [-0.25, -0.2) is 14.2 Å². The van der Waals surface area contributed by atoms with Gasteiger partial charge in [0.05, 0.1) is 22.8 Å². The third-order valence-electron chi connectivity index (χ3n) is 5.86. The molecule has 38 heavy (non-hydrogen) atoms. The molecule has 0 spiro atoms. The van der Waals surface area contributed by atoms with E-state index in [9.17, 15) is 26.7 Å². The molecule has 0 unspecified atom stereocenters. The number of fused-ring (bicyclic) bond motifs is 1. The molecule has 2 N–H and O–H groups in total. The molecular formula is C26H20F5N5O2. The highest BCUT2D eigenvalue weighted by molar-refractivity contribution is 5.99. The number of hydrogen-bond donors (Lipinski definition) is 2. The minimum atomic E-state index is -4.59. The molecule has 4 aromatic rings. The number of alkyl halides is 3. The topological polar surface area (TPSA) is 79.4 Å². The number of rotatable bonds is 5. The first-order valence-corrected chi connectivity index (χ1v) is 11.6. The van der Waals surface area contributed by atoms with Gasteiger partial charge in [-0.15, -0.1) is 0 Å². The lowest BCUT2D eigenvalue weighted by Crippen LogP contribution is -2.20. The summed E-state index contributed by atoms with van der Waals surface area (Å²) in [6.45, 7) is 1.75. The molecule has 0 bridgehead atoms. The summed E-state index contributed by atoms with van der Waals surface area (Å²) in [4.78, 5) is 23.4. The summed E-state index contributed by atoms with van der Waals surface area (Å²) in [5.74, 6) is -2.22. The molecule has 2 amide bonds. The van der Waals surface area contributed by atoms with Gasteiger partial charge in [-0.1, -0.05) is 6.07 Å². The number of nitrogens with zero attached hydrogens (tertiary/aromatic N) is 3. The summed E-state index contributed by atoms with van der Waals surface area (Å²) in [7, 11) is 0. The zero-order chi connectivity index (χ0) is 26.9. The number of benzene rings is 3. The van der Waals surface area contributed by atoms with Crippen LogP contribution in [0.2, 0.25) is 0 Å². The van der Waals surface area contributed by atoms with Crippen molar-refractivity contribution in [1.29, 1.82) is 0 Å². The molecule has 5 rings (SSSR count). The van der Waals surface area contributed by atoms with Crippen LogP contribution < -0.4 is 20.3 Å². The summed E-state index contributed by atoms with van der Waals surface area (Å²) in [5.41, 5.74) is -0.176. The predicted octanol–water partition coefficient (Wildman–Crippen LogP) is 6.96. The summed E-state index contributed by atoms with van der Waals surface area (Å²) in [5, 5.41) is 4.49. The highest BCUT2D eigenvalue weighted by Crippen LogP contribution is 2.32. The minimum Gasteiger partial charge on any atom is -0.454 e. The Morgan fingerprint density at radius 1 is 0.921 bits per heavy atom. The highest BCUT2D eigenvalue weighted by atomic mass is 19.4. The van der Waals surface area contributed by atoms with Gasteiger partial charge in [-0.05, 0) is 43.2 Å². The van der Waals surface area contributed by atoms with E-state index in [-0.39, 0.29) is 17.1 Å². The zero-order valence-corrected chi connectivity index (χ0v) is 19.6. The second-order valence-corrected chi connectivity index (χ2v) is 8.60. The van der Waals surface area contributed by atoms with Gasteiger partial charge in [0.25, 0.3) is 0 Å². The predicted molar refractivity (Wildman–Crippen MR) is 132 cm³/mol. The van der Waals surface area contributed by atoms with Gasteiger partial charge in [0, 0.05) is 42.7 Å². The molecule has 1 aromatic heterocycles. The fourth-order valence-corrected chi connectivity index (χ4v) is 4.05. The van der Waals surface area contributed by atoms with Crippen molar-refractivity contribution >= 4 is 34.3 Å². The second-order valence-electron chi connectivity index (χ2n) is 8.60. The van der Waals surface area contributed by atoms with Crippen LogP contribution in [-0.4, -0.2) is 29.1 Å². The average molecular weight is 529 g/mol. The third-order valence-corrected chi connectivity index (χ3v) is 5.86. The SMILES string of the molecule is O=C(Nc1cccc(C(F)(F)F)c1)Nc1cc(F)c(F)c(Oc2ccc3ncc(N4CCCC4)nc3c2)c1. The number of urea groups is 1. The number of nitrogens with one attached hydrogen (secondary N) is 2. The number of ether oxygens (including phenoxy) is 1. The van der Waals surface area contributed by atoms with Gasteiger partial charge >= 0.3 is 12.2 Å². The molecule has 3 aromatic carbocycles. The van der Waals surface area contributed by atoms with Gasteiger partial charge in [0.15, 0.2) is 11.6 Å². The number of carbonyl (C=O) groups is 1. The van der Waals surface area contributed by atoms with E-state index in [4.69, 9.17) is 4.74 Å². The fraction of sp³-hybridized carbons (Fsp3) is 0.192. The van der Waals surface area contributed by atoms with Crippen molar-refractivity contribution in [2.24, 2.45) is 0 Å². The lowest BCUT2D eigenvalue weighted by molar-refractivity contribution is -0.137. The van der Waals surface area contributed by atoms with Crippen LogP contribution in [0.15, 0.2) is 60.8 Å². The molecule has 196 valence electrons. The number of aromatic nitrogens is 2. The number of halogens is 5. The number of carbonyl (C=O) groups excluding carboxylic acids is 1. The van der Waals surface area contributed by atoms with E-state index in [0.717, 1.165) is 56.3 Å². The Morgan fingerprint density at radius 2 is 1.68 bits per heavy atom. The van der Waals surface area contributed by atoms with E-state index in [1.165, 1.54) is 12.1 Å². The Kier molecular flexibility index (Phi) is 6.70. The summed E-state index contributed by atoms with van der Waals surface area (Å²) in [6.07, 6.45) is -0.778. The smallest absolute Gasteiger partial charge is 0.416 e. The minimum absolute atomic E-state index is 0.137. The lowest BCUT2D eigenvalue weighted by Gasteiger charge is -2.16. The van der Waals surface area contributed by atoms with Gasteiger partial charge in [0.2, 0.25) is 5.82 Å². The van der Waals surface area contributed by atoms with Crippen molar-refractivity contribution in [2.45, 2.75) is 19.0 Å². The molecule has 0 atom stereocenters. The van der Waals surface area contributed by atoms with Crippen LogP contribution in [0.25, 0.3) is 11.0 Å². The first-order valence-electron chi connectivity index (χ1n) is 11.6. The Balaban J connectivity index is 1.34. The van der Waals surface area contributed by atoms with E-state index in [0.29, 0.717) is 16.9 Å². The monoisotopic (exact) mass is 529 g/mol. The normalized spacial score (nSPS) is 13.6. The molecule has 0 saturated carbocycles. The molecule has 1 saturated heterocycles. The van der Waals surface area contributed by atoms with E-state index in [1.54, 1.807) is 18.3 Å². The van der Waals surface area contributed by atoms with Gasteiger partial charge in [-0.2, -0.15) is 17.6 Å². The Labute approximate surface area is 213 Å². The molecular weight excluding hydrogens is 509 g/mol. The van der Waals surface area contributed by atoms with Crippen molar-refractivity contribution in [3.63, 3.8) is 0 Å². The van der Waals surface area contributed by atoms with E-state index < -0.39 is 35.2 Å². The van der Waals surface area contributed by atoms with Crippen LogP contribution in [0.5, 0.6) is 11.5 Å². The van der Waals surface area contributed by atoms with Crippen LogP contribution >= 0.6 is 0 Å². The molecule has 1 aliphatic heterocycles. The van der Waals surface area contributed by atoms with Gasteiger partial charge in [0.1, 0.15) is 11.6 Å². The molecule has 0 aliphatic carbocycles. The maximum Gasteiger partial charge on any atom is 0.416 e. The highest BCUT2D eigenvalue weighted by Gasteiger charge is 2.30. The molecule has 0 radical (unpaired) electrons. The van der Waals surface area contributed by atoms with Crippen molar-refractivity contribution in [3.8, 4) is 11.5 Å².